The monoisotopic (exact) mass is 519 g/mol. The number of anilines is 1. The minimum absolute atomic E-state index is 0.0151. The van der Waals surface area contributed by atoms with Crippen LogP contribution in [0.4, 0.5) is 5.69 Å². The van der Waals surface area contributed by atoms with E-state index < -0.39 is 22.5 Å². The highest BCUT2D eigenvalue weighted by atomic mass is 35.5. The van der Waals surface area contributed by atoms with Crippen LogP contribution in [0.15, 0.2) is 82.8 Å². The summed E-state index contributed by atoms with van der Waals surface area (Å²) in [6, 6.07) is 19.2. The van der Waals surface area contributed by atoms with Gasteiger partial charge < -0.3 is 4.74 Å². The Labute approximate surface area is 209 Å². The van der Waals surface area contributed by atoms with Gasteiger partial charge in [-0.05, 0) is 86.1 Å². The maximum atomic E-state index is 13.3. The average Bonchev–Trinajstić information content (AvgIpc) is 2.82. The number of rotatable bonds is 9. The summed E-state index contributed by atoms with van der Waals surface area (Å²) in [4.78, 5) is 12.7. The Balaban J connectivity index is 1.82. The van der Waals surface area contributed by atoms with Crippen LogP contribution in [-0.4, -0.2) is 33.2 Å². The molecule has 3 aromatic carbocycles. The zero-order chi connectivity index (χ0) is 24.7. The lowest BCUT2D eigenvalue weighted by atomic mass is 10.1. The number of benzene rings is 3. The third kappa shape index (κ3) is 6.50. The largest absolute Gasteiger partial charge is 0.494 e. The first kappa shape index (κ1) is 25.6. The third-order valence-electron chi connectivity index (χ3n) is 4.72. The Bertz CT molecular complexity index is 1280. The van der Waals surface area contributed by atoms with Crippen molar-refractivity contribution in [3.05, 3.63) is 88.4 Å². The molecule has 0 bridgehead atoms. The number of carbonyl (C=O) groups excluding carboxylic acids is 1. The Kier molecular flexibility index (Phi) is 8.55. The van der Waals surface area contributed by atoms with Crippen LogP contribution >= 0.6 is 23.2 Å². The Hall–Kier alpha value is -3.07. The molecule has 0 saturated heterocycles. The maximum absolute atomic E-state index is 13.3. The van der Waals surface area contributed by atoms with Crippen molar-refractivity contribution in [1.29, 1.82) is 0 Å². The molecule has 1 amide bonds. The smallest absolute Gasteiger partial charge is 0.264 e. The predicted octanol–water partition coefficient (Wildman–Crippen LogP) is 5.13. The number of hydrogen-bond acceptors (Lipinski definition) is 5. The van der Waals surface area contributed by atoms with Crippen LogP contribution in [0.2, 0.25) is 10.0 Å². The van der Waals surface area contributed by atoms with Crippen LogP contribution < -0.4 is 14.5 Å². The molecule has 10 heteroatoms. The molecule has 0 atom stereocenters. The number of halogens is 2. The molecule has 178 valence electrons. The lowest BCUT2D eigenvalue weighted by molar-refractivity contribution is -0.119. The highest BCUT2D eigenvalue weighted by Gasteiger charge is 2.27. The van der Waals surface area contributed by atoms with Crippen molar-refractivity contribution in [2.75, 3.05) is 17.5 Å². The summed E-state index contributed by atoms with van der Waals surface area (Å²) in [5, 5.41) is 4.84. The molecule has 0 spiro atoms. The van der Waals surface area contributed by atoms with Crippen molar-refractivity contribution in [1.82, 2.24) is 5.43 Å². The number of sulfonamides is 1. The van der Waals surface area contributed by atoms with Crippen LogP contribution in [0.3, 0.4) is 0 Å². The van der Waals surface area contributed by atoms with Gasteiger partial charge >= 0.3 is 0 Å². The summed E-state index contributed by atoms with van der Waals surface area (Å²) in [5.74, 6) is 0.107. The molecule has 0 aliphatic carbocycles. The number of nitrogens with zero attached hydrogens (tertiary/aromatic N) is 2. The third-order valence-corrected chi connectivity index (χ3v) is 6.99. The Morgan fingerprint density at radius 2 is 1.68 bits per heavy atom. The van der Waals surface area contributed by atoms with Crippen molar-refractivity contribution >= 4 is 50.5 Å². The van der Waals surface area contributed by atoms with Gasteiger partial charge in [-0.1, -0.05) is 29.3 Å². The first-order valence-electron chi connectivity index (χ1n) is 10.3. The van der Waals surface area contributed by atoms with Gasteiger partial charge in [0.1, 0.15) is 12.3 Å². The fourth-order valence-electron chi connectivity index (χ4n) is 3.02. The van der Waals surface area contributed by atoms with Gasteiger partial charge in [-0.2, -0.15) is 5.10 Å². The second-order valence-electron chi connectivity index (χ2n) is 7.14. The second-order valence-corrected chi connectivity index (χ2v) is 9.87. The van der Waals surface area contributed by atoms with Gasteiger partial charge in [0.25, 0.3) is 15.9 Å². The first-order valence-corrected chi connectivity index (χ1v) is 12.5. The standard InChI is InChI=1S/C24H23Cl2N3O4S/c1-3-33-22-11-7-18(8-12-22)17(2)27-28-24(30)16-29(21-6-4-5-20(26)15-21)34(31,32)23-13-9-19(25)10-14-23/h4-15H,3,16H2,1-2H3,(H,28,30)/b27-17-. The molecule has 0 aromatic heterocycles. The fraction of sp³-hybridized carbons (Fsp3) is 0.167. The molecule has 0 fully saturated rings. The predicted molar refractivity (Wildman–Crippen MR) is 135 cm³/mol. The van der Waals surface area contributed by atoms with Gasteiger partial charge in [-0.15, -0.1) is 0 Å². The number of hydrogen-bond donors (Lipinski definition) is 1. The Morgan fingerprint density at radius 1 is 1.00 bits per heavy atom. The minimum Gasteiger partial charge on any atom is -0.494 e. The van der Waals surface area contributed by atoms with Crippen molar-refractivity contribution in [2.24, 2.45) is 5.10 Å². The molecular weight excluding hydrogens is 497 g/mol. The van der Waals surface area contributed by atoms with Crippen molar-refractivity contribution < 1.29 is 17.9 Å². The molecule has 0 unspecified atom stereocenters. The lowest BCUT2D eigenvalue weighted by Crippen LogP contribution is -2.39. The quantitative estimate of drug-likeness (QED) is 0.313. The van der Waals surface area contributed by atoms with Crippen LogP contribution in [0.5, 0.6) is 5.75 Å². The summed E-state index contributed by atoms with van der Waals surface area (Å²) >= 11 is 12.0. The van der Waals surface area contributed by atoms with Gasteiger partial charge in [0.2, 0.25) is 0 Å². The van der Waals surface area contributed by atoms with Gasteiger partial charge in [-0.3, -0.25) is 9.10 Å². The number of hydrazone groups is 1. The molecule has 3 aromatic rings. The van der Waals surface area contributed by atoms with E-state index in [4.69, 9.17) is 27.9 Å². The van der Waals surface area contributed by atoms with E-state index in [2.05, 4.69) is 10.5 Å². The fourth-order valence-corrected chi connectivity index (χ4v) is 4.74. The van der Waals surface area contributed by atoms with E-state index in [0.717, 1.165) is 15.6 Å². The molecule has 0 radical (unpaired) electrons. The second kappa shape index (κ2) is 11.4. The molecule has 0 aliphatic rings. The summed E-state index contributed by atoms with van der Waals surface area (Å²) in [7, 11) is -4.09. The highest BCUT2D eigenvalue weighted by molar-refractivity contribution is 7.92. The topological polar surface area (TPSA) is 88.1 Å². The van der Waals surface area contributed by atoms with E-state index >= 15 is 0 Å². The van der Waals surface area contributed by atoms with Crippen molar-refractivity contribution in [3.8, 4) is 5.75 Å². The summed E-state index contributed by atoms with van der Waals surface area (Å²) in [6.07, 6.45) is 0. The zero-order valence-corrected chi connectivity index (χ0v) is 20.9. The van der Waals surface area contributed by atoms with Crippen molar-refractivity contribution in [3.63, 3.8) is 0 Å². The molecule has 0 heterocycles. The molecular formula is C24H23Cl2N3O4S. The number of nitrogens with one attached hydrogen (secondary N) is 1. The van der Waals surface area contributed by atoms with E-state index in [1.54, 1.807) is 37.3 Å². The van der Waals surface area contributed by atoms with E-state index in [1.807, 2.05) is 19.1 Å². The average molecular weight is 520 g/mol. The van der Waals surface area contributed by atoms with Crippen LogP contribution in [0.1, 0.15) is 19.4 Å². The first-order chi connectivity index (χ1) is 16.2. The minimum atomic E-state index is -4.09. The summed E-state index contributed by atoms with van der Waals surface area (Å²) in [6.45, 7) is 3.68. The van der Waals surface area contributed by atoms with E-state index in [1.165, 1.54) is 30.3 Å². The van der Waals surface area contributed by atoms with Crippen LogP contribution in [0.25, 0.3) is 0 Å². The molecule has 7 nitrogen and oxygen atoms in total. The number of ether oxygens (including phenoxy) is 1. The summed E-state index contributed by atoms with van der Waals surface area (Å²) in [5.41, 5.74) is 4.00. The number of carbonyl (C=O) groups is 1. The number of amides is 1. The van der Waals surface area contributed by atoms with Gasteiger partial charge in [0.15, 0.2) is 0 Å². The molecule has 0 saturated carbocycles. The van der Waals surface area contributed by atoms with Crippen LogP contribution in [-0.2, 0) is 14.8 Å². The molecule has 1 N–H and O–H groups in total. The van der Waals surface area contributed by atoms with Gasteiger partial charge in [0, 0.05) is 10.0 Å². The van der Waals surface area contributed by atoms with Crippen LogP contribution in [0, 0.1) is 0 Å². The normalized spacial score (nSPS) is 11.7. The van der Waals surface area contributed by atoms with Crippen molar-refractivity contribution in [2.45, 2.75) is 18.7 Å². The zero-order valence-electron chi connectivity index (χ0n) is 18.5. The van der Waals surface area contributed by atoms with Gasteiger partial charge in [0.05, 0.1) is 22.9 Å². The van der Waals surface area contributed by atoms with E-state index in [9.17, 15) is 13.2 Å². The SMILES string of the molecule is CCOc1ccc(/C(C)=N\NC(=O)CN(c2cccc(Cl)c2)S(=O)(=O)c2ccc(Cl)cc2)cc1. The lowest BCUT2D eigenvalue weighted by Gasteiger charge is -2.24. The molecule has 0 aliphatic heterocycles. The Morgan fingerprint density at radius 3 is 2.29 bits per heavy atom. The maximum Gasteiger partial charge on any atom is 0.264 e. The van der Waals surface area contributed by atoms with E-state index in [-0.39, 0.29) is 10.6 Å². The summed E-state index contributed by atoms with van der Waals surface area (Å²) < 4.78 is 33.1. The highest BCUT2D eigenvalue weighted by Crippen LogP contribution is 2.26. The van der Waals surface area contributed by atoms with E-state index in [0.29, 0.717) is 22.4 Å². The van der Waals surface area contributed by atoms with Gasteiger partial charge in [-0.25, -0.2) is 13.8 Å². The molecule has 3 rings (SSSR count). The molecule has 34 heavy (non-hydrogen) atoms.